The largest absolute Gasteiger partial charge is 0.343 e. The summed E-state index contributed by atoms with van der Waals surface area (Å²) in [5, 5.41) is 13.4. The number of hydrogen-bond acceptors (Lipinski definition) is 3. The maximum absolute atomic E-state index is 11.5. The Morgan fingerprint density at radius 1 is 1.40 bits per heavy atom. The summed E-state index contributed by atoms with van der Waals surface area (Å²) in [6.07, 6.45) is 0. The number of hydrogen-bond donors (Lipinski definition) is 1. The highest BCUT2D eigenvalue weighted by Crippen LogP contribution is 2.32. The fourth-order valence-electron chi connectivity index (χ4n) is 1.78. The number of non-ortho nitro benzene ring substituents is 1. The molecular formula is C10H10N2O3. The molecule has 78 valence electrons. The monoisotopic (exact) mass is 206 g/mol. The van der Waals surface area contributed by atoms with Gasteiger partial charge in [0.25, 0.3) is 11.6 Å². The molecule has 1 aromatic carbocycles. The van der Waals surface area contributed by atoms with Crippen molar-refractivity contribution >= 4 is 11.6 Å². The second kappa shape index (κ2) is 2.79. The number of nitrogens with one attached hydrogen (secondary N) is 1. The minimum Gasteiger partial charge on any atom is -0.343 e. The zero-order valence-corrected chi connectivity index (χ0v) is 8.40. The normalized spacial score (nSPS) is 17.1. The molecule has 0 aromatic heterocycles. The molecule has 15 heavy (non-hydrogen) atoms. The number of nitro groups is 1. The summed E-state index contributed by atoms with van der Waals surface area (Å²) in [5.74, 6) is -0.176. The molecule has 1 aliphatic rings. The number of benzene rings is 1. The van der Waals surface area contributed by atoms with Crippen LogP contribution in [0, 0.1) is 10.1 Å². The molecule has 0 aliphatic carbocycles. The summed E-state index contributed by atoms with van der Waals surface area (Å²) >= 11 is 0. The van der Waals surface area contributed by atoms with Gasteiger partial charge in [-0.1, -0.05) is 0 Å². The average Bonchev–Trinajstić information content (AvgIpc) is 2.37. The van der Waals surface area contributed by atoms with E-state index in [0.717, 1.165) is 0 Å². The van der Waals surface area contributed by atoms with E-state index in [1.165, 1.54) is 18.2 Å². The van der Waals surface area contributed by atoms with Gasteiger partial charge in [0.1, 0.15) is 0 Å². The number of nitro benzene ring substituents is 1. The van der Waals surface area contributed by atoms with E-state index in [-0.39, 0.29) is 11.6 Å². The van der Waals surface area contributed by atoms with Gasteiger partial charge in [-0.2, -0.15) is 0 Å². The van der Waals surface area contributed by atoms with Crippen LogP contribution in [0.25, 0.3) is 0 Å². The number of rotatable bonds is 1. The van der Waals surface area contributed by atoms with Gasteiger partial charge < -0.3 is 5.32 Å². The van der Waals surface area contributed by atoms with E-state index in [1.54, 1.807) is 0 Å². The Balaban J connectivity index is 2.62. The first-order chi connectivity index (χ1) is 6.92. The first kappa shape index (κ1) is 9.64. The van der Waals surface area contributed by atoms with Crippen molar-refractivity contribution in [3.8, 4) is 0 Å². The molecule has 0 saturated carbocycles. The topological polar surface area (TPSA) is 72.2 Å². The van der Waals surface area contributed by atoms with Gasteiger partial charge in [-0.05, 0) is 25.5 Å². The molecule has 0 fully saturated rings. The molecule has 2 rings (SSSR count). The molecule has 1 N–H and O–H groups in total. The summed E-state index contributed by atoms with van der Waals surface area (Å²) in [6.45, 7) is 3.64. The summed E-state index contributed by atoms with van der Waals surface area (Å²) in [6, 6.07) is 4.30. The van der Waals surface area contributed by atoms with Gasteiger partial charge in [-0.3, -0.25) is 14.9 Å². The summed E-state index contributed by atoms with van der Waals surface area (Å²) in [5.41, 5.74) is 0.684. The van der Waals surface area contributed by atoms with E-state index in [0.29, 0.717) is 11.1 Å². The van der Waals surface area contributed by atoms with Crippen LogP contribution < -0.4 is 5.32 Å². The lowest BCUT2D eigenvalue weighted by Crippen LogP contribution is -2.32. The minimum atomic E-state index is -0.529. The van der Waals surface area contributed by atoms with Gasteiger partial charge in [0.05, 0.1) is 10.5 Å². The lowest BCUT2D eigenvalue weighted by atomic mass is 9.94. The highest BCUT2D eigenvalue weighted by molar-refractivity contribution is 6.00. The second-order valence-corrected chi connectivity index (χ2v) is 4.07. The van der Waals surface area contributed by atoms with E-state index < -0.39 is 10.5 Å². The predicted molar refractivity (Wildman–Crippen MR) is 53.6 cm³/mol. The lowest BCUT2D eigenvalue weighted by Gasteiger charge is -2.18. The molecule has 0 spiro atoms. The first-order valence-corrected chi connectivity index (χ1v) is 4.53. The third-order valence-corrected chi connectivity index (χ3v) is 2.56. The SMILES string of the molecule is CC1(C)NC(=O)c2ccc([N+](=O)[O-])cc21. The lowest BCUT2D eigenvalue weighted by molar-refractivity contribution is -0.385. The zero-order chi connectivity index (χ0) is 11.2. The van der Waals surface area contributed by atoms with Crippen molar-refractivity contribution in [3.05, 3.63) is 39.4 Å². The predicted octanol–water partition coefficient (Wildman–Crippen LogP) is 1.57. The Hall–Kier alpha value is -1.91. The third kappa shape index (κ3) is 1.36. The molecule has 0 radical (unpaired) electrons. The van der Waals surface area contributed by atoms with Crippen LogP contribution in [0.2, 0.25) is 0 Å². The van der Waals surface area contributed by atoms with E-state index in [4.69, 9.17) is 0 Å². The summed E-state index contributed by atoms with van der Waals surface area (Å²) in [4.78, 5) is 21.6. The highest BCUT2D eigenvalue weighted by Gasteiger charge is 2.36. The van der Waals surface area contributed by atoms with Crippen LogP contribution in [0.5, 0.6) is 0 Å². The maximum Gasteiger partial charge on any atom is 0.269 e. The van der Waals surface area contributed by atoms with E-state index in [9.17, 15) is 14.9 Å². The molecule has 0 atom stereocenters. The van der Waals surface area contributed by atoms with Gasteiger partial charge in [-0.25, -0.2) is 0 Å². The van der Waals surface area contributed by atoms with E-state index in [1.807, 2.05) is 13.8 Å². The maximum atomic E-state index is 11.5. The van der Waals surface area contributed by atoms with Gasteiger partial charge in [0.15, 0.2) is 0 Å². The molecule has 1 aromatic rings. The molecule has 5 nitrogen and oxygen atoms in total. The fourth-order valence-corrected chi connectivity index (χ4v) is 1.78. The number of fused-ring (bicyclic) bond motifs is 1. The third-order valence-electron chi connectivity index (χ3n) is 2.56. The Morgan fingerprint density at radius 3 is 2.67 bits per heavy atom. The fraction of sp³-hybridized carbons (Fsp3) is 0.300. The molecule has 0 saturated heterocycles. The molecule has 0 bridgehead atoms. The Bertz CT molecular complexity index is 466. The minimum absolute atomic E-state index is 0.0123. The number of nitrogens with zero attached hydrogens (tertiary/aromatic N) is 1. The van der Waals surface area contributed by atoms with E-state index >= 15 is 0 Å². The van der Waals surface area contributed by atoms with Crippen LogP contribution >= 0.6 is 0 Å². The van der Waals surface area contributed by atoms with Gasteiger partial charge in [0.2, 0.25) is 0 Å². The quantitative estimate of drug-likeness (QED) is 0.560. The van der Waals surface area contributed by atoms with Crippen LogP contribution in [0.15, 0.2) is 18.2 Å². The summed E-state index contributed by atoms with van der Waals surface area (Å²) in [7, 11) is 0. The van der Waals surface area contributed by atoms with Gasteiger partial charge in [-0.15, -0.1) is 0 Å². The van der Waals surface area contributed by atoms with Crippen molar-refractivity contribution in [1.29, 1.82) is 0 Å². The van der Waals surface area contributed by atoms with Crippen molar-refractivity contribution in [2.45, 2.75) is 19.4 Å². The first-order valence-electron chi connectivity index (χ1n) is 4.53. The molecule has 1 aliphatic heterocycles. The number of carbonyl (C=O) groups excluding carboxylic acids is 1. The van der Waals surface area contributed by atoms with Crippen LogP contribution in [0.1, 0.15) is 29.8 Å². The Kier molecular flexibility index (Phi) is 1.79. The van der Waals surface area contributed by atoms with E-state index in [2.05, 4.69) is 5.32 Å². The molecule has 0 unspecified atom stereocenters. The van der Waals surface area contributed by atoms with Crippen molar-refractivity contribution in [2.75, 3.05) is 0 Å². The van der Waals surface area contributed by atoms with Crippen LogP contribution in [-0.2, 0) is 5.54 Å². The summed E-state index contributed by atoms with van der Waals surface area (Å²) < 4.78 is 0. The molecule has 1 heterocycles. The van der Waals surface area contributed by atoms with Crippen LogP contribution in [0.3, 0.4) is 0 Å². The molecule has 5 heteroatoms. The smallest absolute Gasteiger partial charge is 0.269 e. The zero-order valence-electron chi connectivity index (χ0n) is 8.40. The Morgan fingerprint density at radius 2 is 2.07 bits per heavy atom. The van der Waals surface area contributed by atoms with Crippen molar-refractivity contribution < 1.29 is 9.72 Å². The Labute approximate surface area is 86.2 Å². The van der Waals surface area contributed by atoms with Crippen molar-refractivity contribution in [2.24, 2.45) is 0 Å². The number of carbonyl (C=O) groups is 1. The molecular weight excluding hydrogens is 196 g/mol. The standard InChI is InChI=1S/C10H10N2O3/c1-10(2)8-5-6(12(14)15)3-4-7(8)9(13)11-10/h3-5H,1-2H3,(H,11,13). The second-order valence-electron chi connectivity index (χ2n) is 4.07. The van der Waals surface area contributed by atoms with Crippen molar-refractivity contribution in [1.82, 2.24) is 5.32 Å². The highest BCUT2D eigenvalue weighted by atomic mass is 16.6. The van der Waals surface area contributed by atoms with Crippen LogP contribution in [0.4, 0.5) is 5.69 Å². The van der Waals surface area contributed by atoms with Crippen molar-refractivity contribution in [3.63, 3.8) is 0 Å². The van der Waals surface area contributed by atoms with Gasteiger partial charge in [0, 0.05) is 17.7 Å². The number of amides is 1. The van der Waals surface area contributed by atoms with Crippen LogP contribution in [-0.4, -0.2) is 10.8 Å². The molecule has 1 amide bonds. The average molecular weight is 206 g/mol. The van der Waals surface area contributed by atoms with Gasteiger partial charge >= 0.3 is 0 Å².